The Hall–Kier alpha value is -2.85. The van der Waals surface area contributed by atoms with E-state index in [1.807, 2.05) is 20.8 Å². The first-order valence-corrected chi connectivity index (χ1v) is 12.0. The summed E-state index contributed by atoms with van der Waals surface area (Å²) in [6, 6.07) is -2.15. The van der Waals surface area contributed by atoms with Gasteiger partial charge in [-0.3, -0.25) is 14.4 Å². The quantitative estimate of drug-likeness (QED) is 0.347. The predicted octanol–water partition coefficient (Wildman–Crippen LogP) is 0.918. The topological polar surface area (TPSA) is 150 Å². The Morgan fingerprint density at radius 3 is 2.39 bits per heavy atom. The van der Waals surface area contributed by atoms with Gasteiger partial charge in [-0.25, -0.2) is 0 Å². The van der Waals surface area contributed by atoms with Gasteiger partial charge in [-0.1, -0.05) is 45.2 Å². The van der Waals surface area contributed by atoms with E-state index in [0.717, 1.165) is 38.4 Å². The van der Waals surface area contributed by atoms with Gasteiger partial charge in [-0.15, -0.1) is 10.2 Å². The smallest absolute Gasteiger partial charge is 0.246 e. The van der Waals surface area contributed by atoms with Gasteiger partial charge in [-0.05, 0) is 32.1 Å². The third-order valence-electron chi connectivity index (χ3n) is 5.97. The summed E-state index contributed by atoms with van der Waals surface area (Å²) < 4.78 is 0. The van der Waals surface area contributed by atoms with Gasteiger partial charge in [0.1, 0.15) is 18.4 Å². The van der Waals surface area contributed by atoms with Crippen LogP contribution < -0.4 is 10.6 Å². The molecular weight excluding hydrogens is 426 g/mol. The fourth-order valence-corrected chi connectivity index (χ4v) is 4.31. The van der Waals surface area contributed by atoms with Gasteiger partial charge in [0.25, 0.3) is 0 Å². The molecule has 0 radical (unpaired) electrons. The normalized spacial score (nSPS) is 17.6. The number of carbonyl (C=O) groups is 4. The van der Waals surface area contributed by atoms with E-state index in [1.165, 1.54) is 4.90 Å². The predicted molar refractivity (Wildman–Crippen MR) is 121 cm³/mol. The summed E-state index contributed by atoms with van der Waals surface area (Å²) in [5.41, 5.74) is 0. The van der Waals surface area contributed by atoms with E-state index in [4.69, 9.17) is 0 Å². The highest BCUT2D eigenvalue weighted by Gasteiger charge is 2.39. The first-order valence-electron chi connectivity index (χ1n) is 12.0. The molecule has 1 fully saturated rings. The number of hydrogen-bond donors (Lipinski definition) is 3. The molecule has 0 aliphatic carbocycles. The van der Waals surface area contributed by atoms with Crippen molar-refractivity contribution in [3.63, 3.8) is 0 Å². The molecule has 1 aliphatic rings. The van der Waals surface area contributed by atoms with Crippen molar-refractivity contribution in [1.82, 2.24) is 36.2 Å². The molecule has 3 amide bonds. The average molecular weight is 464 g/mol. The number of aromatic amines is 1. The second kappa shape index (κ2) is 13.6. The van der Waals surface area contributed by atoms with E-state index in [2.05, 4.69) is 31.3 Å². The summed E-state index contributed by atoms with van der Waals surface area (Å²) in [5, 5.41) is 19.4. The van der Waals surface area contributed by atoms with Crippen LogP contribution in [0.1, 0.15) is 78.0 Å². The van der Waals surface area contributed by atoms with E-state index in [0.29, 0.717) is 31.6 Å². The second-order valence-electron chi connectivity index (χ2n) is 8.60. The molecule has 1 saturated heterocycles. The zero-order chi connectivity index (χ0) is 24.2. The first-order chi connectivity index (χ1) is 15.9. The summed E-state index contributed by atoms with van der Waals surface area (Å²) in [5.74, 6) is -0.743. The van der Waals surface area contributed by atoms with Crippen LogP contribution in [0.3, 0.4) is 0 Å². The van der Waals surface area contributed by atoms with E-state index >= 15 is 0 Å². The second-order valence-corrected chi connectivity index (χ2v) is 8.60. The number of rotatable bonds is 14. The highest BCUT2D eigenvalue weighted by atomic mass is 16.2. The van der Waals surface area contributed by atoms with Gasteiger partial charge in [-0.2, -0.15) is 5.21 Å². The average Bonchev–Trinajstić information content (AvgIpc) is 3.49. The molecule has 11 nitrogen and oxygen atoms in total. The van der Waals surface area contributed by atoms with Crippen molar-refractivity contribution < 1.29 is 19.2 Å². The molecule has 33 heavy (non-hydrogen) atoms. The molecule has 0 bridgehead atoms. The number of nitrogens with one attached hydrogen (secondary N) is 3. The van der Waals surface area contributed by atoms with Crippen molar-refractivity contribution >= 4 is 24.0 Å². The lowest BCUT2D eigenvalue weighted by atomic mass is 9.96. The number of likely N-dealkylation sites (tertiary alicyclic amines) is 1. The SMILES string of the molecule is CCCC(C=O)NC(=O)C1CCCN1C(=O)C(Cc1nn[nH]n1)NC(=O)C(CCC)CCC. The molecule has 11 heteroatoms. The maximum Gasteiger partial charge on any atom is 0.246 e. The van der Waals surface area contributed by atoms with Crippen molar-refractivity contribution in [3.8, 4) is 0 Å². The minimum atomic E-state index is -0.905. The number of hydrogen-bond acceptors (Lipinski definition) is 7. The van der Waals surface area contributed by atoms with Crippen molar-refractivity contribution in [2.24, 2.45) is 5.92 Å². The number of H-pyrrole nitrogens is 1. The van der Waals surface area contributed by atoms with Crippen LogP contribution in [0.5, 0.6) is 0 Å². The molecule has 2 rings (SSSR count). The third kappa shape index (κ3) is 7.61. The molecule has 3 N–H and O–H groups in total. The van der Waals surface area contributed by atoms with Crippen molar-refractivity contribution in [3.05, 3.63) is 5.82 Å². The van der Waals surface area contributed by atoms with E-state index in [1.54, 1.807) is 0 Å². The number of carbonyl (C=O) groups excluding carboxylic acids is 4. The van der Waals surface area contributed by atoms with Crippen LogP contribution >= 0.6 is 0 Å². The van der Waals surface area contributed by atoms with Gasteiger partial charge in [0.15, 0.2) is 5.82 Å². The molecule has 1 aromatic rings. The maximum absolute atomic E-state index is 13.5. The third-order valence-corrected chi connectivity index (χ3v) is 5.97. The zero-order valence-electron chi connectivity index (χ0n) is 19.9. The number of tetrazole rings is 1. The van der Waals surface area contributed by atoms with E-state index in [9.17, 15) is 19.2 Å². The molecule has 184 valence electrons. The fraction of sp³-hybridized carbons (Fsp3) is 0.773. The van der Waals surface area contributed by atoms with Gasteiger partial charge in [0.2, 0.25) is 17.7 Å². The molecule has 0 saturated carbocycles. The number of amides is 3. The van der Waals surface area contributed by atoms with Crippen LogP contribution in [-0.2, 0) is 25.6 Å². The van der Waals surface area contributed by atoms with Gasteiger partial charge in [0.05, 0.1) is 6.04 Å². The minimum Gasteiger partial charge on any atom is -0.345 e. The summed E-state index contributed by atoms with van der Waals surface area (Å²) >= 11 is 0. The van der Waals surface area contributed by atoms with Gasteiger partial charge < -0.3 is 20.3 Å². The number of aldehydes is 1. The summed E-state index contributed by atoms with van der Waals surface area (Å²) in [6.45, 7) is 6.39. The van der Waals surface area contributed by atoms with Crippen LogP contribution in [0.4, 0.5) is 0 Å². The molecule has 2 heterocycles. The summed E-state index contributed by atoms with van der Waals surface area (Å²) in [6.07, 6.45) is 6.48. The van der Waals surface area contributed by atoms with Crippen LogP contribution in [-0.4, -0.2) is 74.2 Å². The Bertz CT molecular complexity index is 765. The standard InChI is InChI=1S/C22H37N7O4/c1-4-8-15(9-5-2)20(31)24-17(13-19-25-27-28-26-19)22(33)29-12-7-11-18(29)21(32)23-16(14-30)10-6-3/h14-18H,4-13H2,1-3H3,(H,23,32)(H,24,31)(H,25,26,27,28). The van der Waals surface area contributed by atoms with E-state index in [-0.39, 0.29) is 30.1 Å². The Morgan fingerprint density at radius 2 is 1.82 bits per heavy atom. The monoisotopic (exact) mass is 463 g/mol. The minimum absolute atomic E-state index is 0.0731. The van der Waals surface area contributed by atoms with Gasteiger partial charge >= 0.3 is 0 Å². The highest BCUT2D eigenvalue weighted by molar-refractivity contribution is 5.93. The van der Waals surface area contributed by atoms with E-state index < -0.39 is 18.1 Å². The van der Waals surface area contributed by atoms with Crippen molar-refractivity contribution in [1.29, 1.82) is 0 Å². The fourth-order valence-electron chi connectivity index (χ4n) is 4.31. The molecule has 3 unspecified atom stereocenters. The molecular formula is C22H37N7O4. The Labute approximate surface area is 194 Å². The Morgan fingerprint density at radius 1 is 1.12 bits per heavy atom. The zero-order valence-corrected chi connectivity index (χ0v) is 19.9. The molecule has 0 aromatic carbocycles. The van der Waals surface area contributed by atoms with Crippen LogP contribution in [0.25, 0.3) is 0 Å². The van der Waals surface area contributed by atoms with Crippen molar-refractivity contribution in [2.75, 3.05) is 6.54 Å². The molecule has 1 aromatic heterocycles. The van der Waals surface area contributed by atoms with Crippen molar-refractivity contribution in [2.45, 2.75) is 96.7 Å². The van der Waals surface area contributed by atoms with Crippen LogP contribution in [0.2, 0.25) is 0 Å². The lowest BCUT2D eigenvalue weighted by molar-refractivity contribution is -0.142. The number of aromatic nitrogens is 4. The van der Waals surface area contributed by atoms with Crippen LogP contribution in [0, 0.1) is 5.92 Å². The Balaban J connectivity index is 2.17. The molecule has 3 atom stereocenters. The Kier molecular flexibility index (Phi) is 10.9. The molecule has 0 spiro atoms. The summed E-state index contributed by atoms with van der Waals surface area (Å²) in [7, 11) is 0. The maximum atomic E-state index is 13.5. The summed E-state index contributed by atoms with van der Waals surface area (Å²) in [4.78, 5) is 52.1. The highest BCUT2D eigenvalue weighted by Crippen LogP contribution is 2.21. The van der Waals surface area contributed by atoms with Gasteiger partial charge in [0, 0.05) is 18.9 Å². The van der Waals surface area contributed by atoms with Crippen LogP contribution in [0.15, 0.2) is 0 Å². The lowest BCUT2D eigenvalue weighted by Crippen LogP contribution is -2.56. The lowest BCUT2D eigenvalue weighted by Gasteiger charge is -2.29. The first kappa shape index (κ1) is 26.4. The number of nitrogens with zero attached hydrogens (tertiary/aromatic N) is 4. The largest absolute Gasteiger partial charge is 0.345 e. The molecule has 1 aliphatic heterocycles.